The Bertz CT molecular complexity index is 870. The van der Waals surface area contributed by atoms with Crippen molar-refractivity contribution in [3.63, 3.8) is 0 Å². The van der Waals surface area contributed by atoms with Crippen molar-refractivity contribution in [3.8, 4) is 11.1 Å². The maximum Gasteiger partial charge on any atom is 4.00 e. The van der Waals surface area contributed by atoms with Gasteiger partial charge in [0, 0.05) is 0 Å². The van der Waals surface area contributed by atoms with Crippen LogP contribution in [0.2, 0.25) is 0 Å². The van der Waals surface area contributed by atoms with Gasteiger partial charge in [-0.1, -0.05) is 41.5 Å². The number of halogens is 2. The van der Waals surface area contributed by atoms with Gasteiger partial charge in [-0.15, -0.1) is 48.4 Å². The fourth-order valence-electron chi connectivity index (χ4n) is 3.07. The summed E-state index contributed by atoms with van der Waals surface area (Å²) in [4.78, 5) is 0. The summed E-state index contributed by atoms with van der Waals surface area (Å²) in [5.41, 5.74) is 5.51. The molecule has 0 aromatic heterocycles. The quantitative estimate of drug-likeness (QED) is 0.191. The molecule has 0 saturated carbocycles. The third-order valence-corrected chi connectivity index (χ3v) is 4.16. The molecule has 0 atom stereocenters. The Morgan fingerprint density at radius 1 is 0.778 bits per heavy atom. The molecule has 0 aliphatic heterocycles. The summed E-state index contributed by atoms with van der Waals surface area (Å²) >= 11 is 0. The molecule has 0 saturated heterocycles. The number of fused-ring (bicyclic) bond motifs is 4. The Morgan fingerprint density at radius 3 is 2.22 bits per heavy atom. The van der Waals surface area contributed by atoms with Crippen molar-refractivity contribution in [2.24, 2.45) is 0 Å². The van der Waals surface area contributed by atoms with Crippen LogP contribution in [0.25, 0.3) is 21.9 Å². The van der Waals surface area contributed by atoms with E-state index < -0.39 is 0 Å². The van der Waals surface area contributed by atoms with Crippen LogP contribution < -0.4 is 24.8 Å². The minimum absolute atomic E-state index is 0. The molecule has 0 heterocycles. The van der Waals surface area contributed by atoms with Gasteiger partial charge in [0.15, 0.2) is 0 Å². The van der Waals surface area contributed by atoms with Crippen LogP contribution in [0, 0.1) is 6.07 Å². The first-order valence-corrected chi connectivity index (χ1v) is 8.10. The number of hydrogen-bond donors (Lipinski definition) is 0. The van der Waals surface area contributed by atoms with E-state index in [1.165, 1.54) is 33.0 Å². The fourth-order valence-corrected chi connectivity index (χ4v) is 3.07. The molecule has 3 heteroatoms. The van der Waals surface area contributed by atoms with Crippen LogP contribution in [-0.2, 0) is 28.1 Å². The zero-order chi connectivity index (χ0) is 16.8. The van der Waals surface area contributed by atoms with Crippen molar-refractivity contribution in [2.75, 3.05) is 0 Å². The molecule has 5 rings (SSSR count). The molecule has 1 aliphatic rings. The standard InChI is InChI=1S/C13H9.C9H7.C2H4.2ClH.Ti/c1-3-7-12-10(5-1)9-11-6-2-4-8-13(11)12;1-2-5-9-7-3-6-8(9)4-1;1-2;;;/h1-5,7-8H,9H2;1-7H;1-2H2;2*1H;/q2*-1;;;;+4/p-2. The molecule has 1 aliphatic carbocycles. The van der Waals surface area contributed by atoms with E-state index in [0.29, 0.717) is 0 Å². The van der Waals surface area contributed by atoms with Gasteiger partial charge in [-0.3, -0.25) is 0 Å². The van der Waals surface area contributed by atoms with Crippen LogP contribution in [0.4, 0.5) is 0 Å². The van der Waals surface area contributed by atoms with E-state index in [0.717, 1.165) is 6.42 Å². The molecular formula is C24H20Cl2Ti. The molecule has 4 aromatic carbocycles. The molecule has 0 nitrogen and oxygen atoms in total. The van der Waals surface area contributed by atoms with E-state index in [9.17, 15) is 0 Å². The van der Waals surface area contributed by atoms with E-state index in [-0.39, 0.29) is 46.5 Å². The Hall–Kier alpha value is -1.70. The van der Waals surface area contributed by atoms with Gasteiger partial charge in [0.2, 0.25) is 0 Å². The summed E-state index contributed by atoms with van der Waals surface area (Å²) in [6.45, 7) is 6.00. The van der Waals surface area contributed by atoms with E-state index in [1.54, 1.807) is 0 Å². The van der Waals surface area contributed by atoms with Crippen molar-refractivity contribution in [2.45, 2.75) is 6.42 Å². The van der Waals surface area contributed by atoms with Gasteiger partial charge in [0.25, 0.3) is 0 Å². The summed E-state index contributed by atoms with van der Waals surface area (Å²) in [5.74, 6) is 0. The predicted octanol–water partition coefficient (Wildman–Crippen LogP) is 0.424. The molecule has 134 valence electrons. The van der Waals surface area contributed by atoms with Crippen LogP contribution in [0.5, 0.6) is 0 Å². The Morgan fingerprint density at radius 2 is 1.44 bits per heavy atom. The summed E-state index contributed by atoms with van der Waals surface area (Å²) in [7, 11) is 0. The van der Waals surface area contributed by atoms with Crippen LogP contribution in [0.15, 0.2) is 98.1 Å². The Balaban J connectivity index is 0.000000433. The fraction of sp³-hybridized carbons (Fsp3) is 0.0417. The largest absolute Gasteiger partial charge is 4.00 e. The van der Waals surface area contributed by atoms with Crippen molar-refractivity contribution < 1.29 is 46.5 Å². The van der Waals surface area contributed by atoms with E-state index in [4.69, 9.17) is 0 Å². The van der Waals surface area contributed by atoms with E-state index in [2.05, 4.69) is 98.1 Å². The van der Waals surface area contributed by atoms with Gasteiger partial charge in [-0.2, -0.15) is 47.3 Å². The van der Waals surface area contributed by atoms with Crippen molar-refractivity contribution >= 4 is 10.8 Å². The average molecular weight is 427 g/mol. The zero-order valence-corrected chi connectivity index (χ0v) is 18.0. The van der Waals surface area contributed by atoms with Crippen molar-refractivity contribution in [1.29, 1.82) is 0 Å². The molecule has 0 spiro atoms. The minimum Gasteiger partial charge on any atom is -1.00 e. The van der Waals surface area contributed by atoms with Gasteiger partial charge in [0.1, 0.15) is 0 Å². The summed E-state index contributed by atoms with van der Waals surface area (Å²) in [6, 6.07) is 32.8. The average Bonchev–Trinajstić information content (AvgIpc) is 3.28. The minimum atomic E-state index is 0. The maximum absolute atomic E-state index is 3.30. The monoisotopic (exact) mass is 426 g/mol. The van der Waals surface area contributed by atoms with Crippen LogP contribution in [-0.4, -0.2) is 0 Å². The smallest absolute Gasteiger partial charge is 1.00 e. The summed E-state index contributed by atoms with van der Waals surface area (Å²) < 4.78 is 0. The topological polar surface area (TPSA) is 0 Å². The number of rotatable bonds is 0. The maximum atomic E-state index is 3.30. The molecule has 0 bridgehead atoms. The first-order chi connectivity index (χ1) is 11.9. The van der Waals surface area contributed by atoms with Gasteiger partial charge >= 0.3 is 21.7 Å². The molecule has 0 N–H and O–H groups in total. The second-order valence-corrected chi connectivity index (χ2v) is 5.55. The van der Waals surface area contributed by atoms with Gasteiger partial charge in [-0.25, -0.2) is 0 Å². The molecule has 0 unspecified atom stereocenters. The third kappa shape index (κ3) is 5.89. The Kier molecular flexibility index (Phi) is 11.9. The van der Waals surface area contributed by atoms with Crippen LogP contribution in [0.3, 0.4) is 0 Å². The molecule has 0 amide bonds. The molecule has 4 aromatic rings. The molecule has 0 radical (unpaired) electrons. The van der Waals surface area contributed by atoms with Gasteiger partial charge in [-0.05, 0) is 6.42 Å². The Labute approximate surface area is 189 Å². The van der Waals surface area contributed by atoms with E-state index >= 15 is 0 Å². The summed E-state index contributed by atoms with van der Waals surface area (Å²) in [5, 5.41) is 2.66. The zero-order valence-electron chi connectivity index (χ0n) is 15.0. The predicted molar refractivity (Wildman–Crippen MR) is 104 cm³/mol. The molecular weight excluding hydrogens is 407 g/mol. The molecule has 27 heavy (non-hydrogen) atoms. The van der Waals surface area contributed by atoms with Crippen molar-refractivity contribution in [1.82, 2.24) is 0 Å². The van der Waals surface area contributed by atoms with Crippen LogP contribution >= 0.6 is 0 Å². The third-order valence-electron chi connectivity index (χ3n) is 4.16. The SMILES string of the molecule is C=C.[Cl-].[Cl-].[Ti+4].[c-]1cccc2c1Cc1ccccc1-2.c1ccc2[cH-]ccc2c1. The normalized spacial score (nSPS) is 9.48. The first kappa shape index (κ1) is 25.3. The number of benzene rings is 3. The number of hydrogen-bond acceptors (Lipinski definition) is 0. The van der Waals surface area contributed by atoms with E-state index in [1.807, 2.05) is 6.07 Å². The summed E-state index contributed by atoms with van der Waals surface area (Å²) in [6.07, 6.45) is 1.05. The second-order valence-electron chi connectivity index (χ2n) is 5.55. The first-order valence-electron chi connectivity index (χ1n) is 8.10. The van der Waals surface area contributed by atoms with Gasteiger partial charge < -0.3 is 24.8 Å². The van der Waals surface area contributed by atoms with Crippen LogP contribution in [0.1, 0.15) is 11.1 Å². The van der Waals surface area contributed by atoms with Gasteiger partial charge in [0.05, 0.1) is 0 Å². The van der Waals surface area contributed by atoms with Crippen molar-refractivity contribution in [3.05, 3.63) is 115 Å². The molecule has 0 fully saturated rings. The second kappa shape index (κ2) is 12.6.